The van der Waals surface area contributed by atoms with Crippen molar-refractivity contribution in [2.24, 2.45) is 5.73 Å². The van der Waals surface area contributed by atoms with Crippen LogP contribution in [0.15, 0.2) is 35.7 Å². The van der Waals surface area contributed by atoms with Crippen LogP contribution in [-0.2, 0) is 13.1 Å². The van der Waals surface area contributed by atoms with Gasteiger partial charge in [-0.1, -0.05) is 6.07 Å². The summed E-state index contributed by atoms with van der Waals surface area (Å²) in [4.78, 5) is 3.37. The molecular formula is C14H16FN3S. The third-order valence-corrected chi connectivity index (χ3v) is 3.59. The number of thiophene rings is 1. The van der Waals surface area contributed by atoms with Crippen molar-refractivity contribution in [1.82, 2.24) is 4.90 Å². The Morgan fingerprint density at radius 2 is 2.16 bits per heavy atom. The maximum absolute atomic E-state index is 13.4. The minimum atomic E-state index is -0.354. The highest BCUT2D eigenvalue weighted by molar-refractivity contribution is 7.09. The molecule has 1 heterocycles. The van der Waals surface area contributed by atoms with Gasteiger partial charge in [0.2, 0.25) is 0 Å². The molecule has 0 aliphatic carbocycles. The second-order valence-electron chi connectivity index (χ2n) is 4.51. The minimum Gasteiger partial charge on any atom is -0.384 e. The second kappa shape index (κ2) is 5.95. The summed E-state index contributed by atoms with van der Waals surface area (Å²) in [6.45, 7) is 1.44. The van der Waals surface area contributed by atoms with E-state index in [2.05, 4.69) is 11.0 Å². The lowest BCUT2D eigenvalue weighted by molar-refractivity contribution is 0.321. The molecule has 0 bridgehead atoms. The second-order valence-corrected chi connectivity index (χ2v) is 5.55. The monoisotopic (exact) mass is 277 g/mol. The zero-order valence-corrected chi connectivity index (χ0v) is 11.5. The summed E-state index contributed by atoms with van der Waals surface area (Å²) < 4.78 is 13.4. The summed E-state index contributed by atoms with van der Waals surface area (Å²) in [6.07, 6.45) is 0. The molecule has 2 rings (SSSR count). The Balaban J connectivity index is 2.08. The average molecular weight is 277 g/mol. The third kappa shape index (κ3) is 3.87. The van der Waals surface area contributed by atoms with Crippen molar-refractivity contribution in [3.05, 3.63) is 57.5 Å². The predicted octanol–water partition coefficient (Wildman–Crippen LogP) is 2.80. The van der Waals surface area contributed by atoms with Crippen LogP contribution in [0, 0.1) is 11.2 Å². The van der Waals surface area contributed by atoms with Gasteiger partial charge in [-0.2, -0.15) is 0 Å². The first-order valence-electron chi connectivity index (χ1n) is 5.89. The van der Waals surface area contributed by atoms with E-state index in [1.54, 1.807) is 17.4 Å². The van der Waals surface area contributed by atoms with Crippen molar-refractivity contribution in [2.45, 2.75) is 13.1 Å². The zero-order chi connectivity index (χ0) is 13.8. The minimum absolute atomic E-state index is 0.110. The molecule has 0 unspecified atom stereocenters. The van der Waals surface area contributed by atoms with E-state index < -0.39 is 0 Å². The lowest BCUT2D eigenvalue weighted by atomic mass is 10.1. The molecule has 3 N–H and O–H groups in total. The molecule has 3 nitrogen and oxygen atoms in total. The molecule has 100 valence electrons. The number of rotatable bonds is 5. The summed E-state index contributed by atoms with van der Waals surface area (Å²) in [5.41, 5.74) is 6.65. The maximum atomic E-state index is 13.4. The summed E-state index contributed by atoms with van der Waals surface area (Å²) in [7, 11) is 1.98. The van der Waals surface area contributed by atoms with Crippen LogP contribution in [0.25, 0.3) is 0 Å². The van der Waals surface area contributed by atoms with Crippen molar-refractivity contribution in [1.29, 1.82) is 5.41 Å². The Bertz CT molecular complexity index is 566. The number of amidine groups is 1. The van der Waals surface area contributed by atoms with Gasteiger partial charge in [0.05, 0.1) is 0 Å². The normalized spacial score (nSPS) is 10.9. The van der Waals surface area contributed by atoms with Gasteiger partial charge in [-0.3, -0.25) is 10.3 Å². The van der Waals surface area contributed by atoms with Crippen LogP contribution in [0.1, 0.15) is 16.0 Å². The molecule has 1 aromatic carbocycles. The lowest BCUT2D eigenvalue weighted by Gasteiger charge is -2.16. The van der Waals surface area contributed by atoms with Gasteiger partial charge in [-0.15, -0.1) is 11.3 Å². The SMILES string of the molecule is CN(Cc1cc(F)cc(C(=N)N)c1)Cc1cccs1. The summed E-state index contributed by atoms with van der Waals surface area (Å²) in [5, 5.41) is 9.41. The van der Waals surface area contributed by atoms with Gasteiger partial charge in [-0.05, 0) is 42.3 Å². The quantitative estimate of drug-likeness (QED) is 0.652. The molecule has 0 amide bonds. The Kier molecular flexibility index (Phi) is 4.29. The van der Waals surface area contributed by atoms with E-state index in [1.807, 2.05) is 18.5 Å². The molecule has 5 heteroatoms. The number of nitrogens with two attached hydrogens (primary N) is 1. The van der Waals surface area contributed by atoms with Crippen LogP contribution in [-0.4, -0.2) is 17.8 Å². The topological polar surface area (TPSA) is 53.1 Å². The summed E-state index contributed by atoms with van der Waals surface area (Å²) in [5.74, 6) is -0.464. The highest BCUT2D eigenvalue weighted by atomic mass is 32.1. The molecule has 1 aromatic heterocycles. The molecule has 0 fully saturated rings. The molecule has 0 spiro atoms. The standard InChI is InChI=1S/C14H16FN3S/c1-18(9-13-3-2-4-19-13)8-10-5-11(14(16)17)7-12(15)6-10/h2-7H,8-9H2,1H3,(H3,16,17). The van der Waals surface area contributed by atoms with E-state index in [1.165, 1.54) is 17.0 Å². The lowest BCUT2D eigenvalue weighted by Crippen LogP contribution is -2.18. The number of nitrogens with zero attached hydrogens (tertiary/aromatic N) is 1. The van der Waals surface area contributed by atoms with Crippen LogP contribution in [0.3, 0.4) is 0 Å². The molecule has 0 aliphatic heterocycles. The number of benzene rings is 1. The van der Waals surface area contributed by atoms with Crippen LogP contribution in [0.5, 0.6) is 0 Å². The smallest absolute Gasteiger partial charge is 0.124 e. The molecule has 0 saturated heterocycles. The van der Waals surface area contributed by atoms with Crippen molar-refractivity contribution < 1.29 is 4.39 Å². The summed E-state index contributed by atoms with van der Waals surface area (Å²) >= 11 is 1.70. The summed E-state index contributed by atoms with van der Waals surface area (Å²) in [6, 6.07) is 8.62. The van der Waals surface area contributed by atoms with Crippen molar-refractivity contribution in [2.75, 3.05) is 7.05 Å². The van der Waals surface area contributed by atoms with Gasteiger partial charge < -0.3 is 5.73 Å². The predicted molar refractivity (Wildman–Crippen MR) is 76.9 cm³/mol. The van der Waals surface area contributed by atoms with Crippen LogP contribution < -0.4 is 5.73 Å². The first-order valence-corrected chi connectivity index (χ1v) is 6.77. The van der Waals surface area contributed by atoms with E-state index in [4.69, 9.17) is 11.1 Å². The Hall–Kier alpha value is -1.72. The third-order valence-electron chi connectivity index (χ3n) is 2.73. The van der Waals surface area contributed by atoms with Crippen molar-refractivity contribution in [3.8, 4) is 0 Å². The Labute approximate surface area is 116 Å². The van der Waals surface area contributed by atoms with Crippen molar-refractivity contribution >= 4 is 17.2 Å². The van der Waals surface area contributed by atoms with Crippen LogP contribution >= 0.6 is 11.3 Å². The highest BCUT2D eigenvalue weighted by Crippen LogP contribution is 2.15. The largest absolute Gasteiger partial charge is 0.384 e. The molecule has 0 atom stereocenters. The Morgan fingerprint density at radius 3 is 2.79 bits per heavy atom. The van der Waals surface area contributed by atoms with Gasteiger partial charge >= 0.3 is 0 Å². The first kappa shape index (κ1) is 13.7. The number of nitrogens with one attached hydrogen (secondary N) is 1. The van der Waals surface area contributed by atoms with Gasteiger partial charge in [-0.25, -0.2) is 4.39 Å². The number of nitrogen functional groups attached to an aromatic ring is 1. The molecule has 0 aliphatic rings. The highest BCUT2D eigenvalue weighted by Gasteiger charge is 2.07. The molecule has 0 saturated carbocycles. The molecular weight excluding hydrogens is 261 g/mol. The van der Waals surface area contributed by atoms with Gasteiger partial charge in [0, 0.05) is 23.5 Å². The fourth-order valence-electron chi connectivity index (χ4n) is 1.93. The van der Waals surface area contributed by atoms with Crippen LogP contribution in [0.2, 0.25) is 0 Å². The first-order chi connectivity index (χ1) is 9.04. The fraction of sp³-hybridized carbons (Fsp3) is 0.214. The average Bonchev–Trinajstić information content (AvgIpc) is 2.80. The van der Waals surface area contributed by atoms with E-state index in [0.29, 0.717) is 12.1 Å². The van der Waals surface area contributed by atoms with Crippen LogP contribution in [0.4, 0.5) is 4.39 Å². The van der Waals surface area contributed by atoms with Gasteiger partial charge in [0.15, 0.2) is 0 Å². The van der Waals surface area contributed by atoms with Gasteiger partial charge in [0.25, 0.3) is 0 Å². The number of halogens is 1. The fourth-order valence-corrected chi connectivity index (χ4v) is 2.72. The number of hydrogen-bond acceptors (Lipinski definition) is 3. The van der Waals surface area contributed by atoms with E-state index in [9.17, 15) is 4.39 Å². The molecule has 2 aromatic rings. The van der Waals surface area contributed by atoms with E-state index in [-0.39, 0.29) is 11.7 Å². The maximum Gasteiger partial charge on any atom is 0.124 e. The van der Waals surface area contributed by atoms with Crippen molar-refractivity contribution in [3.63, 3.8) is 0 Å². The van der Waals surface area contributed by atoms with Gasteiger partial charge in [0.1, 0.15) is 11.7 Å². The molecule has 0 radical (unpaired) electrons. The van der Waals surface area contributed by atoms with E-state index in [0.717, 1.165) is 12.1 Å². The Morgan fingerprint density at radius 1 is 1.37 bits per heavy atom. The molecule has 19 heavy (non-hydrogen) atoms. The van der Waals surface area contributed by atoms with E-state index >= 15 is 0 Å². The number of hydrogen-bond donors (Lipinski definition) is 2. The zero-order valence-electron chi connectivity index (χ0n) is 10.7.